The topological polar surface area (TPSA) is 26.3 Å². The Kier molecular flexibility index (Phi) is 2.20. The Hall–Kier alpha value is -1.31. The van der Waals surface area contributed by atoms with Gasteiger partial charge < -0.3 is 4.74 Å². The van der Waals surface area contributed by atoms with Gasteiger partial charge in [-0.25, -0.2) is 0 Å². The first-order chi connectivity index (χ1) is 9.83. The highest BCUT2D eigenvalue weighted by molar-refractivity contribution is 6.00. The summed E-state index contributed by atoms with van der Waals surface area (Å²) in [7, 11) is 0. The second-order valence-corrected chi connectivity index (χ2v) is 7.15. The van der Waals surface area contributed by atoms with Crippen LogP contribution in [0.2, 0.25) is 0 Å². The van der Waals surface area contributed by atoms with Gasteiger partial charge in [-0.3, -0.25) is 4.79 Å². The number of ether oxygens (including phenoxy) is 1. The Morgan fingerprint density at radius 1 is 1.15 bits per heavy atom. The number of benzene rings is 1. The Morgan fingerprint density at radius 3 is 2.75 bits per heavy atom. The third kappa shape index (κ3) is 1.43. The smallest absolute Gasteiger partial charge is 0.166 e. The third-order valence-electron chi connectivity index (χ3n) is 6.23. The highest BCUT2D eigenvalue weighted by Crippen LogP contribution is 2.69. The first-order valence-corrected chi connectivity index (χ1v) is 8.13. The molecular weight excluding hydrogens is 248 g/mol. The van der Waals surface area contributed by atoms with Gasteiger partial charge in [0.05, 0.1) is 6.61 Å². The van der Waals surface area contributed by atoms with Crippen molar-refractivity contribution in [3.05, 3.63) is 29.3 Å². The van der Waals surface area contributed by atoms with E-state index >= 15 is 0 Å². The highest BCUT2D eigenvalue weighted by Gasteiger charge is 2.67. The SMILES string of the molecule is O=C(c1ccc2c(c1)CCCO2)C1C2C3CCC(C3)C12. The van der Waals surface area contributed by atoms with Gasteiger partial charge in [0.1, 0.15) is 5.75 Å². The predicted octanol–water partition coefficient (Wildman–Crippen LogP) is 3.49. The molecule has 2 bridgehead atoms. The van der Waals surface area contributed by atoms with Crippen molar-refractivity contribution < 1.29 is 9.53 Å². The molecule has 0 N–H and O–H groups in total. The highest BCUT2D eigenvalue weighted by atomic mass is 16.5. The van der Waals surface area contributed by atoms with Crippen LogP contribution in [0.3, 0.4) is 0 Å². The number of fused-ring (bicyclic) bond motifs is 6. The number of hydrogen-bond donors (Lipinski definition) is 0. The summed E-state index contributed by atoms with van der Waals surface area (Å²) < 4.78 is 5.64. The fourth-order valence-corrected chi connectivity index (χ4v) is 5.38. The number of ketones is 1. The molecule has 5 rings (SSSR count). The normalized spacial score (nSPS) is 39.9. The number of aryl methyl sites for hydroxylation is 1. The number of carbonyl (C=O) groups excluding carboxylic acids is 1. The maximum Gasteiger partial charge on any atom is 0.166 e. The number of Topliss-reactive ketones (excluding diaryl/α,β-unsaturated/α-hetero) is 1. The van der Waals surface area contributed by atoms with E-state index in [1.807, 2.05) is 12.1 Å². The van der Waals surface area contributed by atoms with Crippen LogP contribution in [-0.4, -0.2) is 12.4 Å². The van der Waals surface area contributed by atoms with E-state index in [1.54, 1.807) is 0 Å². The molecule has 0 aromatic heterocycles. The van der Waals surface area contributed by atoms with Crippen LogP contribution in [0.1, 0.15) is 41.6 Å². The largest absolute Gasteiger partial charge is 0.493 e. The molecule has 104 valence electrons. The molecule has 3 fully saturated rings. The van der Waals surface area contributed by atoms with E-state index in [-0.39, 0.29) is 0 Å². The average Bonchev–Trinajstić information content (AvgIpc) is 2.93. The predicted molar refractivity (Wildman–Crippen MR) is 75.9 cm³/mol. The number of carbonyl (C=O) groups is 1. The van der Waals surface area contributed by atoms with Crippen molar-refractivity contribution in [1.29, 1.82) is 0 Å². The zero-order valence-corrected chi connectivity index (χ0v) is 11.7. The molecule has 4 atom stereocenters. The molecule has 0 radical (unpaired) electrons. The van der Waals surface area contributed by atoms with E-state index in [9.17, 15) is 4.79 Å². The van der Waals surface area contributed by atoms with E-state index in [0.29, 0.717) is 11.7 Å². The van der Waals surface area contributed by atoms with Crippen molar-refractivity contribution in [2.24, 2.45) is 29.6 Å². The molecule has 2 nitrogen and oxygen atoms in total. The van der Waals surface area contributed by atoms with Crippen LogP contribution in [0, 0.1) is 29.6 Å². The third-order valence-corrected chi connectivity index (χ3v) is 6.23. The quantitative estimate of drug-likeness (QED) is 0.768. The molecule has 0 saturated heterocycles. The minimum atomic E-state index is 0.365. The summed E-state index contributed by atoms with van der Waals surface area (Å²) in [5.41, 5.74) is 2.17. The zero-order valence-electron chi connectivity index (χ0n) is 11.7. The van der Waals surface area contributed by atoms with E-state index in [1.165, 1.54) is 24.8 Å². The standard InChI is InChI=1S/C18H20O2/c19-18(17-15-11-3-4-12(9-11)16(15)17)13-5-6-14-10(8-13)2-1-7-20-14/h5-6,8,11-12,15-17H,1-4,7,9H2. The van der Waals surface area contributed by atoms with Gasteiger partial charge in [0, 0.05) is 11.5 Å². The molecule has 1 aromatic rings. The molecule has 0 amide bonds. The van der Waals surface area contributed by atoms with E-state index in [0.717, 1.165) is 54.4 Å². The van der Waals surface area contributed by atoms with Crippen molar-refractivity contribution in [3.63, 3.8) is 0 Å². The molecule has 2 heteroatoms. The van der Waals surface area contributed by atoms with E-state index in [4.69, 9.17) is 4.74 Å². The summed E-state index contributed by atoms with van der Waals surface area (Å²) in [5.74, 6) is 5.01. The van der Waals surface area contributed by atoms with Gasteiger partial charge in [-0.15, -0.1) is 0 Å². The fourth-order valence-electron chi connectivity index (χ4n) is 5.38. The summed E-state index contributed by atoms with van der Waals surface area (Å²) in [5, 5.41) is 0. The van der Waals surface area contributed by atoms with Gasteiger partial charge in [0.2, 0.25) is 0 Å². The van der Waals surface area contributed by atoms with Crippen molar-refractivity contribution in [1.82, 2.24) is 0 Å². The van der Waals surface area contributed by atoms with Crippen LogP contribution < -0.4 is 4.74 Å². The van der Waals surface area contributed by atoms with Crippen molar-refractivity contribution in [2.75, 3.05) is 6.61 Å². The molecule has 0 spiro atoms. The molecule has 20 heavy (non-hydrogen) atoms. The van der Waals surface area contributed by atoms with Gasteiger partial charge >= 0.3 is 0 Å². The van der Waals surface area contributed by atoms with Gasteiger partial charge in [-0.2, -0.15) is 0 Å². The molecule has 4 unspecified atom stereocenters. The minimum Gasteiger partial charge on any atom is -0.493 e. The summed E-state index contributed by atoms with van der Waals surface area (Å²) in [4.78, 5) is 12.8. The van der Waals surface area contributed by atoms with E-state index in [2.05, 4.69) is 6.07 Å². The lowest BCUT2D eigenvalue weighted by molar-refractivity contribution is 0.0944. The van der Waals surface area contributed by atoms with Gasteiger partial charge in [-0.05, 0) is 79.5 Å². The minimum absolute atomic E-state index is 0.365. The lowest BCUT2D eigenvalue weighted by Gasteiger charge is -2.18. The lowest BCUT2D eigenvalue weighted by Crippen LogP contribution is -2.13. The first kappa shape index (κ1) is 11.4. The monoisotopic (exact) mass is 268 g/mol. The molecular formula is C18H20O2. The second kappa shape index (κ2) is 3.87. The Labute approximate surface area is 119 Å². The van der Waals surface area contributed by atoms with E-state index < -0.39 is 0 Å². The van der Waals surface area contributed by atoms with Crippen molar-refractivity contribution in [2.45, 2.75) is 32.1 Å². The van der Waals surface area contributed by atoms with Crippen LogP contribution in [-0.2, 0) is 6.42 Å². The maximum absolute atomic E-state index is 12.8. The molecule has 3 saturated carbocycles. The van der Waals surface area contributed by atoms with Gasteiger partial charge in [0.25, 0.3) is 0 Å². The summed E-state index contributed by atoms with van der Waals surface area (Å²) in [6.45, 7) is 0.816. The zero-order chi connectivity index (χ0) is 13.3. The molecule has 1 heterocycles. The maximum atomic E-state index is 12.8. The molecule has 3 aliphatic carbocycles. The fraction of sp³-hybridized carbons (Fsp3) is 0.611. The van der Waals surface area contributed by atoms with Crippen LogP contribution >= 0.6 is 0 Å². The summed E-state index contributed by atoms with van der Waals surface area (Å²) in [6, 6.07) is 6.10. The van der Waals surface area contributed by atoms with Crippen LogP contribution in [0.15, 0.2) is 18.2 Å². The van der Waals surface area contributed by atoms with Crippen molar-refractivity contribution in [3.8, 4) is 5.75 Å². The van der Waals surface area contributed by atoms with Crippen LogP contribution in [0.4, 0.5) is 0 Å². The molecule has 1 aromatic carbocycles. The Morgan fingerprint density at radius 2 is 1.95 bits per heavy atom. The van der Waals surface area contributed by atoms with Crippen LogP contribution in [0.5, 0.6) is 5.75 Å². The van der Waals surface area contributed by atoms with Gasteiger partial charge in [-0.1, -0.05) is 0 Å². The first-order valence-electron chi connectivity index (χ1n) is 8.13. The molecule has 1 aliphatic heterocycles. The lowest BCUT2D eigenvalue weighted by atomic mass is 9.94. The summed E-state index contributed by atoms with van der Waals surface area (Å²) in [6.07, 6.45) is 6.31. The van der Waals surface area contributed by atoms with Gasteiger partial charge in [0.15, 0.2) is 5.78 Å². The van der Waals surface area contributed by atoms with Crippen molar-refractivity contribution >= 4 is 5.78 Å². The number of hydrogen-bond acceptors (Lipinski definition) is 2. The average molecular weight is 268 g/mol. The number of rotatable bonds is 2. The summed E-state index contributed by atoms with van der Waals surface area (Å²) >= 11 is 0. The Bertz CT molecular complexity index is 575. The Balaban J connectivity index is 1.42. The molecule has 4 aliphatic rings. The van der Waals surface area contributed by atoms with Crippen LogP contribution in [0.25, 0.3) is 0 Å². The second-order valence-electron chi connectivity index (χ2n) is 7.15.